The summed E-state index contributed by atoms with van der Waals surface area (Å²) in [6.45, 7) is 0. The minimum Gasteiger partial charge on any atom is -0.465 e. The lowest BCUT2D eigenvalue weighted by molar-refractivity contribution is 0.0600. The molecule has 0 aliphatic heterocycles. The van der Waals surface area contributed by atoms with Gasteiger partial charge in [-0.05, 0) is 36.6 Å². The molecule has 6 nitrogen and oxygen atoms in total. The van der Waals surface area contributed by atoms with E-state index in [4.69, 9.17) is 16.3 Å². The molecule has 0 aliphatic rings. The Balaban J connectivity index is 1.97. The zero-order chi connectivity index (χ0) is 19.4. The summed E-state index contributed by atoms with van der Waals surface area (Å²) in [5.74, 6) is -0.906. The number of halogens is 1. The molecule has 0 bridgehead atoms. The molecular formula is C19H16ClN3O3S. The number of carbonyl (C=O) groups excluding carboxylic acids is 2. The molecule has 0 atom stereocenters. The predicted octanol–water partition coefficient (Wildman–Crippen LogP) is 4.29. The van der Waals surface area contributed by atoms with Crippen LogP contribution < -0.4 is 5.32 Å². The fourth-order valence-corrected chi connectivity index (χ4v) is 3.23. The van der Waals surface area contributed by atoms with Crippen molar-refractivity contribution in [1.82, 2.24) is 9.55 Å². The van der Waals surface area contributed by atoms with E-state index in [1.54, 1.807) is 4.57 Å². The highest BCUT2D eigenvalue weighted by molar-refractivity contribution is 7.98. The molecule has 0 radical (unpaired) electrons. The average molecular weight is 402 g/mol. The maximum absolute atomic E-state index is 12.9. The molecule has 138 valence electrons. The van der Waals surface area contributed by atoms with E-state index < -0.39 is 11.9 Å². The number of anilines is 1. The molecule has 3 rings (SSSR count). The van der Waals surface area contributed by atoms with Crippen molar-refractivity contribution in [1.29, 1.82) is 0 Å². The molecule has 0 saturated heterocycles. The topological polar surface area (TPSA) is 73.2 Å². The smallest absolute Gasteiger partial charge is 0.337 e. The highest BCUT2D eigenvalue weighted by atomic mass is 35.5. The summed E-state index contributed by atoms with van der Waals surface area (Å²) in [5, 5.41) is 3.74. The monoisotopic (exact) mass is 401 g/mol. The van der Waals surface area contributed by atoms with Crippen LogP contribution in [0.1, 0.15) is 20.8 Å². The lowest BCUT2D eigenvalue weighted by atomic mass is 10.2. The molecule has 0 saturated carbocycles. The van der Waals surface area contributed by atoms with Crippen LogP contribution in [0.5, 0.6) is 0 Å². The van der Waals surface area contributed by atoms with Crippen LogP contribution in [0.2, 0.25) is 5.02 Å². The predicted molar refractivity (Wildman–Crippen MR) is 106 cm³/mol. The van der Waals surface area contributed by atoms with Crippen molar-refractivity contribution in [2.45, 2.75) is 5.16 Å². The van der Waals surface area contributed by atoms with Crippen LogP contribution in [0.25, 0.3) is 5.69 Å². The third kappa shape index (κ3) is 3.99. The number of carbonyl (C=O) groups is 2. The number of thioether (sulfide) groups is 1. The van der Waals surface area contributed by atoms with Gasteiger partial charge in [0.2, 0.25) is 0 Å². The summed E-state index contributed by atoms with van der Waals surface area (Å²) < 4.78 is 6.47. The summed E-state index contributed by atoms with van der Waals surface area (Å²) in [7, 11) is 1.29. The number of hydrogen-bond acceptors (Lipinski definition) is 5. The number of rotatable bonds is 5. The number of nitrogens with one attached hydrogen (secondary N) is 1. The molecule has 1 heterocycles. The van der Waals surface area contributed by atoms with E-state index >= 15 is 0 Å². The third-order valence-corrected chi connectivity index (χ3v) is 4.78. The molecule has 1 amide bonds. The quantitative estimate of drug-likeness (QED) is 0.510. The largest absolute Gasteiger partial charge is 0.465 e. The van der Waals surface area contributed by atoms with Gasteiger partial charge < -0.3 is 10.1 Å². The van der Waals surface area contributed by atoms with E-state index in [9.17, 15) is 9.59 Å². The van der Waals surface area contributed by atoms with Crippen LogP contribution in [0.4, 0.5) is 5.69 Å². The minimum atomic E-state index is -0.513. The first-order chi connectivity index (χ1) is 13.0. The molecule has 0 aliphatic carbocycles. The van der Waals surface area contributed by atoms with Gasteiger partial charge in [0.05, 0.1) is 29.6 Å². The van der Waals surface area contributed by atoms with Crippen molar-refractivity contribution in [2.24, 2.45) is 0 Å². The number of esters is 1. The SMILES string of the molecule is COC(=O)c1ccc(Cl)c(NC(=O)c2cnc(SC)n2-c2ccccc2)c1. The molecule has 0 fully saturated rings. The van der Waals surface area contributed by atoms with Gasteiger partial charge >= 0.3 is 5.97 Å². The fourth-order valence-electron chi connectivity index (χ4n) is 2.52. The number of benzene rings is 2. The maximum atomic E-state index is 12.9. The fraction of sp³-hybridized carbons (Fsp3) is 0.105. The van der Waals surface area contributed by atoms with E-state index in [2.05, 4.69) is 10.3 Å². The van der Waals surface area contributed by atoms with Gasteiger partial charge in [0, 0.05) is 5.69 Å². The molecule has 3 aromatic rings. The summed E-state index contributed by atoms with van der Waals surface area (Å²) in [5.41, 5.74) is 1.78. The Bertz CT molecular complexity index is 989. The Morgan fingerprint density at radius 2 is 1.93 bits per heavy atom. The summed E-state index contributed by atoms with van der Waals surface area (Å²) >= 11 is 7.60. The van der Waals surface area contributed by atoms with Gasteiger partial charge in [-0.2, -0.15) is 0 Å². The van der Waals surface area contributed by atoms with E-state index in [0.717, 1.165) is 5.69 Å². The molecule has 0 spiro atoms. The Hall–Kier alpha value is -2.77. The van der Waals surface area contributed by atoms with Crippen LogP contribution in [-0.2, 0) is 4.74 Å². The lowest BCUT2D eigenvalue weighted by Gasteiger charge is -2.12. The standard InChI is InChI=1S/C19H16ClN3O3S/c1-26-18(25)12-8-9-14(20)15(10-12)22-17(24)16-11-21-19(27-2)23(16)13-6-4-3-5-7-13/h3-11H,1-2H3,(H,22,24). The molecule has 8 heteroatoms. The van der Waals surface area contributed by atoms with E-state index in [-0.39, 0.29) is 0 Å². The number of amides is 1. The van der Waals surface area contributed by atoms with Crippen molar-refractivity contribution in [3.8, 4) is 5.69 Å². The Labute approximate surface area is 165 Å². The van der Waals surface area contributed by atoms with Gasteiger partial charge in [-0.15, -0.1) is 0 Å². The second-order valence-electron chi connectivity index (χ2n) is 5.44. The normalized spacial score (nSPS) is 10.5. The number of nitrogens with zero attached hydrogens (tertiary/aromatic N) is 2. The Morgan fingerprint density at radius 3 is 2.59 bits per heavy atom. The molecule has 0 unspecified atom stereocenters. The highest BCUT2D eigenvalue weighted by Crippen LogP contribution is 2.26. The number of para-hydroxylation sites is 1. The van der Waals surface area contributed by atoms with Crippen LogP contribution in [0.3, 0.4) is 0 Å². The first-order valence-corrected chi connectivity index (χ1v) is 9.51. The van der Waals surface area contributed by atoms with Crippen molar-refractivity contribution >= 4 is 40.9 Å². The number of imidazole rings is 1. The van der Waals surface area contributed by atoms with Crippen LogP contribution >= 0.6 is 23.4 Å². The number of aromatic nitrogens is 2. The van der Waals surface area contributed by atoms with Gasteiger partial charge in [-0.3, -0.25) is 9.36 Å². The van der Waals surface area contributed by atoms with Crippen molar-refractivity contribution < 1.29 is 14.3 Å². The second-order valence-corrected chi connectivity index (χ2v) is 6.62. The van der Waals surface area contributed by atoms with E-state index in [1.807, 2.05) is 36.6 Å². The minimum absolute atomic E-state index is 0.290. The summed E-state index contributed by atoms with van der Waals surface area (Å²) in [4.78, 5) is 28.9. The zero-order valence-electron chi connectivity index (χ0n) is 14.6. The first kappa shape index (κ1) is 19.0. The van der Waals surface area contributed by atoms with Crippen molar-refractivity contribution in [3.63, 3.8) is 0 Å². The Morgan fingerprint density at radius 1 is 1.19 bits per heavy atom. The highest BCUT2D eigenvalue weighted by Gasteiger charge is 2.19. The van der Waals surface area contributed by atoms with Gasteiger partial charge in [0.25, 0.3) is 5.91 Å². The van der Waals surface area contributed by atoms with E-state index in [1.165, 1.54) is 43.3 Å². The van der Waals surface area contributed by atoms with Gasteiger partial charge in [-0.25, -0.2) is 9.78 Å². The molecule has 27 heavy (non-hydrogen) atoms. The maximum Gasteiger partial charge on any atom is 0.337 e. The molecule has 2 aromatic carbocycles. The van der Waals surface area contributed by atoms with Gasteiger partial charge in [0.15, 0.2) is 5.16 Å². The summed E-state index contributed by atoms with van der Waals surface area (Å²) in [6, 6.07) is 14.0. The average Bonchev–Trinajstić information content (AvgIpc) is 3.14. The number of methoxy groups -OCH3 is 1. The zero-order valence-corrected chi connectivity index (χ0v) is 16.2. The molecule has 1 N–H and O–H groups in total. The first-order valence-electron chi connectivity index (χ1n) is 7.91. The van der Waals surface area contributed by atoms with Crippen LogP contribution in [0.15, 0.2) is 59.9 Å². The van der Waals surface area contributed by atoms with E-state index in [0.29, 0.717) is 27.1 Å². The van der Waals surface area contributed by atoms with Gasteiger partial charge in [0.1, 0.15) is 5.69 Å². The lowest BCUT2D eigenvalue weighted by Crippen LogP contribution is -2.17. The van der Waals surface area contributed by atoms with Crippen molar-refractivity contribution in [2.75, 3.05) is 18.7 Å². The Kier molecular flexibility index (Phi) is 5.83. The van der Waals surface area contributed by atoms with Crippen molar-refractivity contribution in [3.05, 3.63) is 71.0 Å². The van der Waals surface area contributed by atoms with Gasteiger partial charge in [-0.1, -0.05) is 41.6 Å². The third-order valence-electron chi connectivity index (χ3n) is 3.79. The number of ether oxygens (including phenoxy) is 1. The van der Waals surface area contributed by atoms with Crippen LogP contribution in [-0.4, -0.2) is 34.8 Å². The van der Waals surface area contributed by atoms with Crippen LogP contribution in [0, 0.1) is 0 Å². The molecule has 1 aromatic heterocycles. The number of hydrogen-bond donors (Lipinski definition) is 1. The summed E-state index contributed by atoms with van der Waals surface area (Å²) in [6.07, 6.45) is 3.40. The molecular weight excluding hydrogens is 386 g/mol. The second kappa shape index (κ2) is 8.28.